The van der Waals surface area contributed by atoms with Gasteiger partial charge in [0.2, 0.25) is 11.2 Å². The zero-order valence-electron chi connectivity index (χ0n) is 46.2. The molecule has 14 rings (SSSR count). The molecule has 8 aromatic rings. The van der Waals surface area contributed by atoms with Crippen molar-refractivity contribution in [3.05, 3.63) is 162 Å². The summed E-state index contributed by atoms with van der Waals surface area (Å²) in [6.07, 6.45) is 6.08. The lowest BCUT2D eigenvalue weighted by Gasteiger charge is -2.35. The topological polar surface area (TPSA) is 179 Å². The number of halogens is 7. The number of hydrogen-bond acceptors (Lipinski definition) is 14. The molecule has 0 saturated heterocycles. The molecule has 4 atom stereocenters. The van der Waals surface area contributed by atoms with Crippen LogP contribution in [0.2, 0.25) is 5.28 Å². The van der Waals surface area contributed by atoms with Crippen LogP contribution >= 0.6 is 11.6 Å². The summed E-state index contributed by atoms with van der Waals surface area (Å²) < 4.78 is 111. The predicted molar refractivity (Wildman–Crippen MR) is 305 cm³/mol. The van der Waals surface area contributed by atoms with Gasteiger partial charge in [0, 0.05) is 69.7 Å². The third kappa shape index (κ3) is 14.3. The van der Waals surface area contributed by atoms with Gasteiger partial charge < -0.3 is 39.0 Å². The van der Waals surface area contributed by atoms with Crippen molar-refractivity contribution >= 4 is 17.5 Å². The van der Waals surface area contributed by atoms with E-state index in [1.54, 1.807) is 36.7 Å². The van der Waals surface area contributed by atoms with E-state index in [2.05, 4.69) is 40.1 Å². The third-order valence-corrected chi connectivity index (χ3v) is 17.3. The summed E-state index contributed by atoms with van der Waals surface area (Å²) in [6.45, 7) is 0.500. The number of nitrogens with one attached hydrogen (secondary N) is 1. The first-order valence-electron chi connectivity index (χ1n) is 29.0. The number of ether oxygens (including phenoxy) is 4. The summed E-state index contributed by atoms with van der Waals surface area (Å²) in [5, 5.41) is 12.2. The van der Waals surface area contributed by atoms with Crippen LogP contribution in [0.25, 0.3) is 45.0 Å². The second-order valence-electron chi connectivity index (χ2n) is 22.8. The molecule has 6 aliphatic rings. The van der Waals surface area contributed by atoms with E-state index in [9.17, 15) is 26.3 Å². The van der Waals surface area contributed by atoms with Crippen LogP contribution in [0.3, 0.4) is 0 Å². The molecular weight excluding hydrogens is 1130 g/mol. The summed E-state index contributed by atoms with van der Waals surface area (Å²) in [4.78, 5) is 17.2. The minimum Gasteiger partial charge on any atom is -0.405 e. The molecule has 4 heterocycles. The standard InChI is InChI=1S/C32H31F3N4O3.C22H25F3N2O3.C10H7ClN2/c33-32(34,35)41-27-9-5-4-8-24(27)29-25(30(42-39-29)20-10-11-20)18-40-23-16-21-12-13-22(17-23)28(21)38-31-36-15-14-26(37-31)19-6-2-1-3-7-19;23-22(24,25)29-18-4-2-1-3-16(18)20-17(21(30-27-20)12-5-6-12)11-28-15-9-13-7-8-14(10-15)19(13)26;11-10-12-7-6-9(13-10)8-4-2-1-3-5-8/h1-9,14-15,20-23,28H,10-13,16-18H2,(H,36,37,38);1-4,12-15,19H,5-11,26H2;1-7H. The van der Waals surface area contributed by atoms with Crippen LogP contribution < -0.4 is 20.5 Å². The maximum atomic E-state index is 13.1. The predicted octanol–water partition coefficient (Wildman–Crippen LogP) is 15.7. The van der Waals surface area contributed by atoms with Gasteiger partial charge in [-0.3, -0.25) is 0 Å². The maximum absolute atomic E-state index is 13.1. The minimum absolute atomic E-state index is 0.0357. The first-order chi connectivity index (χ1) is 41.2. The summed E-state index contributed by atoms with van der Waals surface area (Å²) in [5.74, 6) is 3.81. The fourth-order valence-corrected chi connectivity index (χ4v) is 12.9. The molecule has 0 spiro atoms. The van der Waals surface area contributed by atoms with E-state index in [0.29, 0.717) is 46.8 Å². The highest BCUT2D eigenvalue weighted by Crippen LogP contribution is 2.50. The zero-order chi connectivity index (χ0) is 58.7. The van der Waals surface area contributed by atoms with E-state index in [4.69, 9.17) is 40.8 Å². The third-order valence-electron chi connectivity index (χ3n) is 17.1. The Morgan fingerprint density at radius 2 is 0.941 bits per heavy atom. The van der Waals surface area contributed by atoms with Gasteiger partial charge in [-0.15, -0.1) is 26.3 Å². The molecule has 6 aliphatic carbocycles. The number of para-hydroxylation sites is 2. The van der Waals surface area contributed by atoms with Crippen molar-refractivity contribution in [1.82, 2.24) is 30.2 Å². The number of anilines is 1. The Bertz CT molecular complexity index is 3500. The Morgan fingerprint density at radius 3 is 1.40 bits per heavy atom. The average Bonchev–Trinajstić information content (AvgIpc) is 3.00. The van der Waals surface area contributed by atoms with E-state index < -0.39 is 12.7 Å². The molecule has 4 unspecified atom stereocenters. The van der Waals surface area contributed by atoms with Gasteiger partial charge in [-0.05, 0) is 149 Å². The van der Waals surface area contributed by atoms with Gasteiger partial charge in [-0.2, -0.15) is 0 Å². The number of nitrogens with two attached hydrogens (primary N) is 1. The van der Waals surface area contributed by atoms with E-state index in [1.807, 2.05) is 72.8 Å². The summed E-state index contributed by atoms with van der Waals surface area (Å²) in [6, 6.07) is 36.3. The molecule has 0 amide bonds. The molecule has 6 saturated carbocycles. The van der Waals surface area contributed by atoms with Crippen molar-refractivity contribution < 1.29 is 54.3 Å². The number of hydrogen-bond donors (Lipinski definition) is 2. The van der Waals surface area contributed by atoms with E-state index in [1.165, 1.54) is 24.3 Å². The molecule has 0 aliphatic heterocycles. The van der Waals surface area contributed by atoms with Crippen LogP contribution in [0.1, 0.15) is 112 Å². The SMILES string of the molecule is Clc1nccc(-c2ccccc2)n1.FC(F)(F)Oc1ccccc1-c1noc(C2CC2)c1COC1CC2CCC(C1)C2Nc1nccc(-c2ccccc2)n1.NC1C2CCC1CC(OCc1c(-c3ccccc3OC(F)(F)F)noc1C1CC1)C2. The molecule has 14 nitrogen and oxygen atoms in total. The monoisotopic (exact) mass is 1190 g/mol. The van der Waals surface area contributed by atoms with Gasteiger partial charge in [0.25, 0.3) is 0 Å². The molecular formula is C64H63ClF6N8O6. The molecule has 3 N–H and O–H groups in total. The largest absolute Gasteiger partial charge is 0.573 e. The molecule has 6 fully saturated rings. The number of nitrogens with zero attached hydrogens (tertiary/aromatic N) is 6. The highest BCUT2D eigenvalue weighted by Gasteiger charge is 2.45. The molecule has 444 valence electrons. The van der Waals surface area contributed by atoms with Crippen LogP contribution in [0.4, 0.5) is 32.3 Å². The minimum atomic E-state index is -4.81. The Kier molecular flexibility index (Phi) is 17.3. The van der Waals surface area contributed by atoms with Crippen LogP contribution in [-0.4, -0.2) is 67.3 Å². The Hall–Kier alpha value is -7.39. The van der Waals surface area contributed by atoms with Crippen LogP contribution in [0.5, 0.6) is 11.5 Å². The first kappa shape index (κ1) is 58.0. The van der Waals surface area contributed by atoms with Crippen LogP contribution in [-0.2, 0) is 22.7 Å². The van der Waals surface area contributed by atoms with Crippen LogP contribution in [0, 0.1) is 23.7 Å². The molecule has 0 radical (unpaired) electrons. The molecule has 85 heavy (non-hydrogen) atoms. The lowest BCUT2D eigenvalue weighted by molar-refractivity contribution is -0.275. The van der Waals surface area contributed by atoms with Crippen molar-refractivity contribution in [3.63, 3.8) is 0 Å². The lowest BCUT2D eigenvalue weighted by atomic mass is 9.82. The van der Waals surface area contributed by atoms with E-state index in [0.717, 1.165) is 116 Å². The Labute approximate surface area is 492 Å². The number of alkyl halides is 6. The maximum Gasteiger partial charge on any atom is 0.573 e. The van der Waals surface area contributed by atoms with Gasteiger partial charge in [-0.1, -0.05) is 95.2 Å². The number of fused-ring (bicyclic) bond motifs is 4. The smallest absolute Gasteiger partial charge is 0.405 e. The Balaban J connectivity index is 0.000000142. The molecule has 4 bridgehead atoms. The average molecular weight is 1190 g/mol. The summed E-state index contributed by atoms with van der Waals surface area (Å²) in [7, 11) is 0. The van der Waals surface area contributed by atoms with Gasteiger partial charge >= 0.3 is 12.7 Å². The van der Waals surface area contributed by atoms with Crippen molar-refractivity contribution in [2.75, 3.05) is 5.32 Å². The number of aromatic nitrogens is 6. The van der Waals surface area contributed by atoms with Crippen molar-refractivity contribution in [3.8, 4) is 56.5 Å². The fraction of sp³-hybridized carbons (Fsp3) is 0.406. The van der Waals surface area contributed by atoms with Crippen molar-refractivity contribution in [1.29, 1.82) is 0 Å². The van der Waals surface area contributed by atoms with Crippen molar-refractivity contribution in [2.45, 2.75) is 139 Å². The quantitative estimate of drug-likeness (QED) is 0.0689. The number of rotatable bonds is 16. The van der Waals surface area contributed by atoms with Gasteiger partial charge in [0.05, 0.1) is 36.8 Å². The molecule has 4 aromatic heterocycles. The van der Waals surface area contributed by atoms with E-state index >= 15 is 0 Å². The van der Waals surface area contributed by atoms with E-state index in [-0.39, 0.29) is 77.3 Å². The Morgan fingerprint density at radius 1 is 0.518 bits per heavy atom. The summed E-state index contributed by atoms with van der Waals surface area (Å²) >= 11 is 5.67. The highest BCUT2D eigenvalue weighted by atomic mass is 35.5. The van der Waals surface area contributed by atoms with Gasteiger partial charge in [0.15, 0.2) is 0 Å². The summed E-state index contributed by atoms with van der Waals surface area (Å²) in [5.41, 5.74) is 12.8. The molecule has 21 heteroatoms. The zero-order valence-corrected chi connectivity index (χ0v) is 47.0. The van der Waals surface area contributed by atoms with Crippen LogP contribution in [0.15, 0.2) is 143 Å². The number of benzene rings is 4. The van der Waals surface area contributed by atoms with Gasteiger partial charge in [0.1, 0.15) is 34.4 Å². The highest BCUT2D eigenvalue weighted by molar-refractivity contribution is 6.28. The van der Waals surface area contributed by atoms with Crippen molar-refractivity contribution in [2.24, 2.45) is 29.4 Å². The second-order valence-corrected chi connectivity index (χ2v) is 23.2. The lowest BCUT2D eigenvalue weighted by Crippen LogP contribution is -2.40. The molecule has 4 aromatic carbocycles. The first-order valence-corrected chi connectivity index (χ1v) is 29.4. The fourth-order valence-electron chi connectivity index (χ4n) is 12.8. The van der Waals surface area contributed by atoms with Gasteiger partial charge in [-0.25, -0.2) is 19.9 Å². The normalized spacial score (nSPS) is 23.3. The second kappa shape index (κ2) is 25.3.